The summed E-state index contributed by atoms with van der Waals surface area (Å²) in [7, 11) is 0. The Balaban J connectivity index is 1.77. The van der Waals surface area contributed by atoms with Gasteiger partial charge in [0.15, 0.2) is 0 Å². The highest BCUT2D eigenvalue weighted by molar-refractivity contribution is 5.57. The summed E-state index contributed by atoms with van der Waals surface area (Å²) >= 11 is 0. The van der Waals surface area contributed by atoms with Gasteiger partial charge in [-0.25, -0.2) is 4.39 Å². The predicted molar refractivity (Wildman–Crippen MR) is 82.0 cm³/mol. The summed E-state index contributed by atoms with van der Waals surface area (Å²) in [5.41, 5.74) is 7.61. The third-order valence-electron chi connectivity index (χ3n) is 4.55. The van der Waals surface area contributed by atoms with Gasteiger partial charge in [0.25, 0.3) is 0 Å². The molecule has 2 N–H and O–H groups in total. The third-order valence-corrected chi connectivity index (χ3v) is 4.55. The van der Waals surface area contributed by atoms with E-state index in [2.05, 4.69) is 9.80 Å². The number of nitrogens with two attached hydrogens (primary N) is 1. The average molecular weight is 293 g/mol. The summed E-state index contributed by atoms with van der Waals surface area (Å²) in [6.45, 7) is 7.26. The van der Waals surface area contributed by atoms with E-state index < -0.39 is 0 Å². The molecule has 2 unspecified atom stereocenters. The monoisotopic (exact) mass is 293 g/mol. The number of halogens is 1. The van der Waals surface area contributed by atoms with E-state index in [0.717, 1.165) is 51.4 Å². The van der Waals surface area contributed by atoms with E-state index in [1.165, 1.54) is 6.07 Å². The van der Waals surface area contributed by atoms with Crippen molar-refractivity contribution in [3.8, 4) is 0 Å². The van der Waals surface area contributed by atoms with Crippen LogP contribution in [0.5, 0.6) is 0 Å². The lowest BCUT2D eigenvalue weighted by Crippen LogP contribution is -2.44. The van der Waals surface area contributed by atoms with Gasteiger partial charge in [-0.15, -0.1) is 0 Å². The quantitative estimate of drug-likeness (QED) is 0.922. The maximum Gasteiger partial charge on any atom is 0.146 e. The molecule has 2 atom stereocenters. The zero-order chi connectivity index (χ0) is 14.8. The van der Waals surface area contributed by atoms with Gasteiger partial charge in [0.1, 0.15) is 5.82 Å². The van der Waals surface area contributed by atoms with Gasteiger partial charge in [0, 0.05) is 38.3 Å². The van der Waals surface area contributed by atoms with Crippen molar-refractivity contribution in [2.45, 2.75) is 25.4 Å². The van der Waals surface area contributed by atoms with E-state index in [0.29, 0.717) is 11.7 Å². The highest BCUT2D eigenvalue weighted by Crippen LogP contribution is 2.32. The van der Waals surface area contributed by atoms with Gasteiger partial charge in [0.05, 0.1) is 18.9 Å². The lowest BCUT2D eigenvalue weighted by Gasteiger charge is -2.32. The maximum absolute atomic E-state index is 14.3. The van der Waals surface area contributed by atoms with Gasteiger partial charge in [-0.3, -0.25) is 4.90 Å². The Labute approximate surface area is 125 Å². The molecule has 3 rings (SSSR count). The summed E-state index contributed by atoms with van der Waals surface area (Å²) in [5, 5.41) is 0. The largest absolute Gasteiger partial charge is 0.379 e. The number of hydrogen-bond donors (Lipinski definition) is 1. The van der Waals surface area contributed by atoms with E-state index in [1.807, 2.05) is 13.0 Å². The Bertz CT molecular complexity index is 488. The van der Waals surface area contributed by atoms with E-state index in [1.54, 1.807) is 6.07 Å². The molecule has 116 valence electrons. The Hall–Kier alpha value is -1.17. The number of rotatable bonds is 3. The topological polar surface area (TPSA) is 41.7 Å². The maximum atomic E-state index is 14.3. The van der Waals surface area contributed by atoms with Gasteiger partial charge < -0.3 is 15.4 Å². The van der Waals surface area contributed by atoms with Crippen molar-refractivity contribution in [2.24, 2.45) is 5.73 Å². The Morgan fingerprint density at radius 1 is 1.29 bits per heavy atom. The molecule has 5 heteroatoms. The molecule has 2 heterocycles. The number of benzene rings is 1. The smallest absolute Gasteiger partial charge is 0.146 e. The van der Waals surface area contributed by atoms with Crippen molar-refractivity contribution in [1.82, 2.24) is 4.90 Å². The number of hydrogen-bond acceptors (Lipinski definition) is 4. The Kier molecular flexibility index (Phi) is 4.42. The molecule has 1 aromatic carbocycles. The highest BCUT2D eigenvalue weighted by Gasteiger charge is 2.31. The fourth-order valence-electron chi connectivity index (χ4n) is 3.42. The summed E-state index contributed by atoms with van der Waals surface area (Å²) in [5.74, 6) is -0.160. The molecule has 0 aromatic heterocycles. The number of ether oxygens (including phenoxy) is 1. The van der Waals surface area contributed by atoms with E-state index in [4.69, 9.17) is 10.5 Å². The molecule has 0 saturated carbocycles. The number of morpholine rings is 1. The van der Waals surface area contributed by atoms with Crippen LogP contribution in [0.15, 0.2) is 18.2 Å². The molecule has 0 radical (unpaired) electrons. The number of nitrogens with zero attached hydrogens (tertiary/aromatic N) is 2. The molecule has 2 saturated heterocycles. The molecule has 2 aliphatic rings. The fourth-order valence-corrected chi connectivity index (χ4v) is 3.42. The van der Waals surface area contributed by atoms with Crippen LogP contribution in [0.1, 0.15) is 24.9 Å². The molecular weight excluding hydrogens is 269 g/mol. The highest BCUT2D eigenvalue weighted by atomic mass is 19.1. The zero-order valence-electron chi connectivity index (χ0n) is 12.6. The van der Waals surface area contributed by atoms with Crippen molar-refractivity contribution in [3.05, 3.63) is 29.6 Å². The van der Waals surface area contributed by atoms with Crippen molar-refractivity contribution in [1.29, 1.82) is 0 Å². The first kappa shape index (κ1) is 14.8. The van der Waals surface area contributed by atoms with Crippen LogP contribution in [0.4, 0.5) is 10.1 Å². The van der Waals surface area contributed by atoms with Gasteiger partial charge in [-0.05, 0) is 25.0 Å². The SMILES string of the molecule is CC(N)c1cccc(F)c1N1CCC(N2CCOCC2)C1. The van der Waals surface area contributed by atoms with Gasteiger partial charge in [-0.1, -0.05) is 12.1 Å². The normalized spacial score (nSPS) is 25.3. The Morgan fingerprint density at radius 2 is 2.05 bits per heavy atom. The standard InChI is InChI=1S/C16H24FN3O/c1-12(18)14-3-2-4-15(17)16(14)20-6-5-13(11-20)19-7-9-21-10-8-19/h2-4,12-13H,5-11,18H2,1H3. The second-order valence-electron chi connectivity index (χ2n) is 6.00. The van der Waals surface area contributed by atoms with E-state index in [-0.39, 0.29) is 11.9 Å². The minimum atomic E-state index is -0.160. The van der Waals surface area contributed by atoms with Crippen LogP contribution in [0.3, 0.4) is 0 Å². The van der Waals surface area contributed by atoms with Crippen LogP contribution >= 0.6 is 0 Å². The van der Waals surface area contributed by atoms with Gasteiger partial charge in [0.2, 0.25) is 0 Å². The van der Waals surface area contributed by atoms with Crippen molar-refractivity contribution >= 4 is 5.69 Å². The van der Waals surface area contributed by atoms with Crippen molar-refractivity contribution < 1.29 is 9.13 Å². The average Bonchev–Trinajstić information content (AvgIpc) is 2.97. The summed E-state index contributed by atoms with van der Waals surface area (Å²) in [6.07, 6.45) is 1.08. The van der Waals surface area contributed by atoms with Crippen molar-refractivity contribution in [2.75, 3.05) is 44.3 Å². The second kappa shape index (κ2) is 6.30. The number of anilines is 1. The fraction of sp³-hybridized carbons (Fsp3) is 0.625. The summed E-state index contributed by atoms with van der Waals surface area (Å²) in [4.78, 5) is 4.63. The molecule has 0 bridgehead atoms. The van der Waals surface area contributed by atoms with Crippen LogP contribution in [0, 0.1) is 5.82 Å². The summed E-state index contributed by atoms with van der Waals surface area (Å²) in [6, 6.07) is 5.55. The molecule has 4 nitrogen and oxygen atoms in total. The van der Waals surface area contributed by atoms with Gasteiger partial charge >= 0.3 is 0 Å². The molecule has 0 amide bonds. The molecule has 2 fully saturated rings. The van der Waals surface area contributed by atoms with Crippen LogP contribution in [0.2, 0.25) is 0 Å². The molecule has 2 aliphatic heterocycles. The summed E-state index contributed by atoms with van der Waals surface area (Å²) < 4.78 is 19.7. The Morgan fingerprint density at radius 3 is 2.76 bits per heavy atom. The van der Waals surface area contributed by atoms with Crippen LogP contribution in [0.25, 0.3) is 0 Å². The van der Waals surface area contributed by atoms with Gasteiger partial charge in [-0.2, -0.15) is 0 Å². The minimum Gasteiger partial charge on any atom is -0.379 e. The first-order valence-corrected chi connectivity index (χ1v) is 7.77. The molecule has 1 aromatic rings. The predicted octanol–water partition coefficient (Wildman–Crippen LogP) is 1.76. The lowest BCUT2D eigenvalue weighted by atomic mass is 10.1. The molecular formula is C16H24FN3O. The van der Waals surface area contributed by atoms with Crippen LogP contribution < -0.4 is 10.6 Å². The van der Waals surface area contributed by atoms with Crippen LogP contribution in [-0.4, -0.2) is 50.3 Å². The van der Waals surface area contributed by atoms with Crippen molar-refractivity contribution in [3.63, 3.8) is 0 Å². The lowest BCUT2D eigenvalue weighted by molar-refractivity contribution is 0.0209. The third kappa shape index (κ3) is 3.05. The minimum absolute atomic E-state index is 0.155. The molecule has 0 spiro atoms. The van der Waals surface area contributed by atoms with Crippen LogP contribution in [-0.2, 0) is 4.74 Å². The zero-order valence-corrected chi connectivity index (χ0v) is 12.6. The van der Waals surface area contributed by atoms with E-state index >= 15 is 0 Å². The molecule has 0 aliphatic carbocycles. The number of para-hydroxylation sites is 1. The first-order chi connectivity index (χ1) is 10.2. The van der Waals surface area contributed by atoms with E-state index in [9.17, 15) is 4.39 Å². The first-order valence-electron chi connectivity index (χ1n) is 7.77. The second-order valence-corrected chi connectivity index (χ2v) is 6.00. The molecule has 21 heavy (non-hydrogen) atoms.